The first-order chi connectivity index (χ1) is 15.2. The Morgan fingerprint density at radius 1 is 1.16 bits per heavy atom. The summed E-state index contributed by atoms with van der Waals surface area (Å²) in [4.78, 5) is 41.0. The van der Waals surface area contributed by atoms with E-state index in [-0.39, 0.29) is 24.7 Å². The molecule has 7 nitrogen and oxygen atoms in total. The predicted octanol–water partition coefficient (Wildman–Crippen LogP) is 3.55. The highest BCUT2D eigenvalue weighted by Gasteiger charge is 2.23. The van der Waals surface area contributed by atoms with Crippen LogP contribution in [0.25, 0.3) is 0 Å². The number of benzene rings is 1. The van der Waals surface area contributed by atoms with E-state index in [1.54, 1.807) is 6.07 Å². The van der Waals surface area contributed by atoms with Crippen molar-refractivity contribution in [2.75, 3.05) is 32.6 Å². The van der Waals surface area contributed by atoms with E-state index in [0.29, 0.717) is 10.6 Å². The number of esters is 1. The van der Waals surface area contributed by atoms with Crippen molar-refractivity contribution in [1.29, 1.82) is 0 Å². The lowest BCUT2D eigenvalue weighted by atomic mass is 10.0. The fraction of sp³-hybridized carbons (Fsp3) is 0.458. The number of nitrogens with one attached hydrogen (secondary N) is 2. The van der Waals surface area contributed by atoms with Gasteiger partial charge in [0.05, 0.1) is 12.0 Å². The van der Waals surface area contributed by atoms with Gasteiger partial charge in [-0.1, -0.05) is 13.0 Å². The van der Waals surface area contributed by atoms with Gasteiger partial charge in [0.2, 0.25) is 5.91 Å². The quantitative estimate of drug-likeness (QED) is 0.502. The molecule has 1 aromatic heterocycles. The SMILES string of the molecule is CCN(C)CCc1cc(NC(=O)[C@@H](CCC(=O)OC)NC(=O)c2ccc(C)s2)ccc1C. The number of hydrogen-bond donors (Lipinski definition) is 2. The molecule has 0 saturated heterocycles. The standard InChI is InChI=1S/C24H33N3O4S/c1-6-27(4)14-13-18-15-19(9-7-16(18)2)25-23(29)20(10-12-22(28)31-5)26-24(30)21-11-8-17(3)32-21/h7-9,11,15,20H,6,10,12-14H2,1-5H3,(H,25,29)(H,26,30)/t20-/m1/s1. The Kier molecular flexibility index (Phi) is 9.87. The van der Waals surface area contributed by atoms with Crippen LogP contribution in [-0.2, 0) is 20.7 Å². The summed E-state index contributed by atoms with van der Waals surface area (Å²) in [5.74, 6) is -1.13. The summed E-state index contributed by atoms with van der Waals surface area (Å²) in [5, 5.41) is 5.66. The molecule has 1 aromatic carbocycles. The molecule has 0 saturated carbocycles. The minimum atomic E-state index is -0.861. The van der Waals surface area contributed by atoms with Crippen LogP contribution in [0, 0.1) is 13.8 Å². The van der Waals surface area contributed by atoms with E-state index in [0.717, 1.165) is 35.5 Å². The van der Waals surface area contributed by atoms with Gasteiger partial charge >= 0.3 is 5.97 Å². The van der Waals surface area contributed by atoms with Crippen LogP contribution in [0.3, 0.4) is 0 Å². The zero-order chi connectivity index (χ0) is 23.7. The molecule has 8 heteroatoms. The highest BCUT2D eigenvalue weighted by Crippen LogP contribution is 2.18. The Morgan fingerprint density at radius 3 is 2.53 bits per heavy atom. The summed E-state index contributed by atoms with van der Waals surface area (Å²) >= 11 is 1.36. The zero-order valence-corrected chi connectivity index (χ0v) is 20.3. The third-order valence-electron chi connectivity index (χ3n) is 5.37. The molecule has 2 N–H and O–H groups in total. The molecule has 0 spiro atoms. The van der Waals surface area contributed by atoms with Crippen molar-refractivity contribution in [2.45, 2.75) is 46.1 Å². The molecule has 0 aliphatic heterocycles. The molecule has 174 valence electrons. The number of rotatable bonds is 11. The Balaban J connectivity index is 2.12. The molecule has 0 bridgehead atoms. The molecule has 0 aliphatic carbocycles. The number of ether oxygens (including phenoxy) is 1. The van der Waals surface area contributed by atoms with E-state index >= 15 is 0 Å². The zero-order valence-electron chi connectivity index (χ0n) is 19.5. The third-order valence-corrected chi connectivity index (χ3v) is 6.37. The lowest BCUT2D eigenvalue weighted by molar-refractivity contribution is -0.140. The molecule has 32 heavy (non-hydrogen) atoms. The third kappa shape index (κ3) is 7.76. The van der Waals surface area contributed by atoms with Crippen molar-refractivity contribution in [1.82, 2.24) is 10.2 Å². The average Bonchev–Trinajstić information content (AvgIpc) is 3.22. The number of nitrogens with zero attached hydrogens (tertiary/aromatic N) is 1. The van der Waals surface area contributed by atoms with E-state index in [1.807, 2.05) is 31.2 Å². The molecule has 2 rings (SSSR count). The van der Waals surface area contributed by atoms with Crippen LogP contribution in [0.1, 0.15) is 45.4 Å². The number of aryl methyl sites for hydroxylation is 2. The Bertz CT molecular complexity index is 941. The Morgan fingerprint density at radius 2 is 1.91 bits per heavy atom. The molecular weight excluding hydrogens is 426 g/mol. The van der Waals surface area contributed by atoms with Crippen molar-refractivity contribution in [3.05, 3.63) is 51.2 Å². The summed E-state index contributed by atoms with van der Waals surface area (Å²) < 4.78 is 4.69. The van der Waals surface area contributed by atoms with Gasteiger partial charge in [-0.3, -0.25) is 14.4 Å². The van der Waals surface area contributed by atoms with Crippen LogP contribution in [0.2, 0.25) is 0 Å². The number of likely N-dealkylation sites (N-methyl/N-ethyl adjacent to an activating group) is 1. The molecule has 0 unspecified atom stereocenters. The maximum absolute atomic E-state index is 13.0. The van der Waals surface area contributed by atoms with Crippen LogP contribution >= 0.6 is 11.3 Å². The second-order valence-electron chi connectivity index (χ2n) is 7.83. The Hall–Kier alpha value is -2.71. The van der Waals surface area contributed by atoms with Gasteiger partial charge in [0.1, 0.15) is 6.04 Å². The first kappa shape index (κ1) is 25.5. The maximum Gasteiger partial charge on any atom is 0.305 e. The van der Waals surface area contributed by atoms with Crippen molar-refractivity contribution < 1.29 is 19.1 Å². The van der Waals surface area contributed by atoms with Crippen molar-refractivity contribution >= 4 is 34.8 Å². The molecule has 0 aliphatic rings. The molecule has 2 amide bonds. The smallest absolute Gasteiger partial charge is 0.305 e. The molecule has 1 heterocycles. The normalized spacial score (nSPS) is 11.8. The van der Waals surface area contributed by atoms with Crippen molar-refractivity contribution in [2.24, 2.45) is 0 Å². The molecular formula is C24H33N3O4S. The summed E-state index contributed by atoms with van der Waals surface area (Å²) in [6.07, 6.45) is 1.05. The maximum atomic E-state index is 13.0. The van der Waals surface area contributed by atoms with E-state index in [4.69, 9.17) is 4.74 Å². The number of amides is 2. The topological polar surface area (TPSA) is 87.7 Å². The van der Waals surface area contributed by atoms with Gasteiger partial charge < -0.3 is 20.3 Å². The van der Waals surface area contributed by atoms with Gasteiger partial charge in [0, 0.05) is 23.5 Å². The van der Waals surface area contributed by atoms with Gasteiger partial charge in [-0.2, -0.15) is 0 Å². The molecule has 0 fully saturated rings. The summed E-state index contributed by atoms with van der Waals surface area (Å²) in [6, 6.07) is 8.52. The molecule has 2 aromatic rings. The first-order valence-corrected chi connectivity index (χ1v) is 11.6. The fourth-order valence-electron chi connectivity index (χ4n) is 3.14. The summed E-state index contributed by atoms with van der Waals surface area (Å²) in [6.45, 7) is 7.97. The lowest BCUT2D eigenvalue weighted by Crippen LogP contribution is -2.44. The molecule has 1 atom stereocenters. The van der Waals surface area contributed by atoms with Crippen LogP contribution < -0.4 is 10.6 Å². The average molecular weight is 460 g/mol. The first-order valence-electron chi connectivity index (χ1n) is 10.8. The second-order valence-corrected chi connectivity index (χ2v) is 9.12. The minimum Gasteiger partial charge on any atom is -0.469 e. The number of anilines is 1. The number of hydrogen-bond acceptors (Lipinski definition) is 6. The summed E-state index contributed by atoms with van der Waals surface area (Å²) in [7, 11) is 3.37. The fourth-order valence-corrected chi connectivity index (χ4v) is 3.91. The summed E-state index contributed by atoms with van der Waals surface area (Å²) in [5.41, 5.74) is 2.99. The van der Waals surface area contributed by atoms with Crippen LogP contribution in [-0.4, -0.2) is 56.0 Å². The van der Waals surface area contributed by atoms with Crippen LogP contribution in [0.15, 0.2) is 30.3 Å². The van der Waals surface area contributed by atoms with E-state index in [9.17, 15) is 14.4 Å². The van der Waals surface area contributed by atoms with E-state index in [1.165, 1.54) is 18.4 Å². The van der Waals surface area contributed by atoms with Gasteiger partial charge in [-0.15, -0.1) is 11.3 Å². The van der Waals surface area contributed by atoms with Crippen LogP contribution in [0.5, 0.6) is 0 Å². The van der Waals surface area contributed by atoms with Crippen molar-refractivity contribution in [3.63, 3.8) is 0 Å². The van der Waals surface area contributed by atoms with Crippen LogP contribution in [0.4, 0.5) is 5.69 Å². The number of thiophene rings is 1. The second kappa shape index (κ2) is 12.4. The van der Waals surface area contributed by atoms with E-state index < -0.39 is 12.0 Å². The van der Waals surface area contributed by atoms with Gasteiger partial charge in [0.15, 0.2) is 0 Å². The number of carbonyl (C=O) groups is 3. The minimum absolute atomic E-state index is 0.0286. The number of carbonyl (C=O) groups excluding carboxylic acids is 3. The highest BCUT2D eigenvalue weighted by atomic mass is 32.1. The number of methoxy groups -OCH3 is 1. The van der Waals surface area contributed by atoms with Gasteiger partial charge in [0.25, 0.3) is 5.91 Å². The Labute approximate surface area is 194 Å². The van der Waals surface area contributed by atoms with E-state index in [2.05, 4.69) is 36.4 Å². The predicted molar refractivity (Wildman–Crippen MR) is 128 cm³/mol. The lowest BCUT2D eigenvalue weighted by Gasteiger charge is -2.19. The molecule has 0 radical (unpaired) electrons. The highest BCUT2D eigenvalue weighted by molar-refractivity contribution is 7.13. The van der Waals surface area contributed by atoms with Crippen molar-refractivity contribution in [3.8, 4) is 0 Å². The van der Waals surface area contributed by atoms with Gasteiger partial charge in [-0.25, -0.2) is 0 Å². The van der Waals surface area contributed by atoms with Gasteiger partial charge in [-0.05, 0) is 75.7 Å². The monoisotopic (exact) mass is 459 g/mol. The largest absolute Gasteiger partial charge is 0.469 e.